The first-order valence-corrected chi connectivity index (χ1v) is 6.24. The second-order valence-electron chi connectivity index (χ2n) is 4.12. The molecule has 0 fully saturated rings. The van der Waals surface area contributed by atoms with E-state index in [0.717, 1.165) is 16.5 Å². The Morgan fingerprint density at radius 3 is 2.65 bits per heavy atom. The summed E-state index contributed by atoms with van der Waals surface area (Å²) in [4.78, 5) is 4.37. The number of anilines is 1. The zero-order valence-corrected chi connectivity index (χ0v) is 10.6. The van der Waals surface area contributed by atoms with Crippen LogP contribution >= 0.6 is 11.5 Å². The molecule has 5 heteroatoms. The largest absolute Gasteiger partial charge is 0.358 e. The number of halogens is 1. The van der Waals surface area contributed by atoms with Gasteiger partial charge in [-0.25, -0.2) is 9.37 Å². The van der Waals surface area contributed by atoms with Gasteiger partial charge >= 0.3 is 0 Å². The zero-order valence-electron chi connectivity index (χ0n) is 9.77. The third-order valence-electron chi connectivity index (χ3n) is 2.16. The van der Waals surface area contributed by atoms with E-state index in [1.54, 1.807) is 12.1 Å². The Labute approximate surface area is 104 Å². The zero-order chi connectivity index (χ0) is 12.3. The molecule has 1 aromatic heterocycles. The standard InChI is InChI=1S/C12H14FN3S/c1-8(2)14-12-15-11(16-17-12)7-9-3-5-10(13)6-4-9/h3-6,8H,7H2,1-2H3,(H,14,15,16). The molecule has 0 aliphatic carbocycles. The molecule has 0 saturated carbocycles. The number of aromatic nitrogens is 2. The summed E-state index contributed by atoms with van der Waals surface area (Å²) in [7, 11) is 0. The molecular formula is C12H14FN3S. The van der Waals surface area contributed by atoms with Crippen molar-refractivity contribution in [2.24, 2.45) is 0 Å². The van der Waals surface area contributed by atoms with Gasteiger partial charge in [0.05, 0.1) is 0 Å². The second-order valence-corrected chi connectivity index (χ2v) is 4.87. The van der Waals surface area contributed by atoms with Crippen molar-refractivity contribution in [2.75, 3.05) is 5.32 Å². The van der Waals surface area contributed by atoms with E-state index >= 15 is 0 Å². The molecule has 0 aliphatic heterocycles. The van der Waals surface area contributed by atoms with Crippen molar-refractivity contribution in [3.8, 4) is 0 Å². The first-order valence-electron chi connectivity index (χ1n) is 5.47. The number of nitrogens with one attached hydrogen (secondary N) is 1. The number of rotatable bonds is 4. The smallest absolute Gasteiger partial charge is 0.202 e. The lowest BCUT2D eigenvalue weighted by molar-refractivity contribution is 0.627. The van der Waals surface area contributed by atoms with Gasteiger partial charge in [0.15, 0.2) is 0 Å². The molecule has 0 atom stereocenters. The van der Waals surface area contributed by atoms with Crippen LogP contribution < -0.4 is 5.32 Å². The number of benzene rings is 1. The molecule has 1 N–H and O–H groups in total. The number of hydrogen-bond acceptors (Lipinski definition) is 4. The van der Waals surface area contributed by atoms with Crippen molar-refractivity contribution in [3.63, 3.8) is 0 Å². The quantitative estimate of drug-likeness (QED) is 0.907. The normalized spacial score (nSPS) is 10.8. The van der Waals surface area contributed by atoms with Gasteiger partial charge in [0.25, 0.3) is 0 Å². The third kappa shape index (κ3) is 3.49. The van der Waals surface area contributed by atoms with E-state index in [-0.39, 0.29) is 5.82 Å². The van der Waals surface area contributed by atoms with Crippen LogP contribution in [0.2, 0.25) is 0 Å². The van der Waals surface area contributed by atoms with Crippen LogP contribution in [0.25, 0.3) is 0 Å². The Bertz CT molecular complexity index is 479. The molecular weight excluding hydrogens is 237 g/mol. The fraction of sp³-hybridized carbons (Fsp3) is 0.333. The Kier molecular flexibility index (Phi) is 3.68. The minimum Gasteiger partial charge on any atom is -0.358 e. The van der Waals surface area contributed by atoms with Crippen molar-refractivity contribution in [1.29, 1.82) is 0 Å². The Hall–Kier alpha value is -1.49. The first-order chi connectivity index (χ1) is 8.13. The molecule has 0 unspecified atom stereocenters. The van der Waals surface area contributed by atoms with Crippen LogP contribution in [0.1, 0.15) is 25.2 Å². The van der Waals surface area contributed by atoms with Crippen molar-refractivity contribution in [3.05, 3.63) is 41.5 Å². The highest BCUT2D eigenvalue weighted by Gasteiger charge is 2.05. The predicted octanol–water partition coefficient (Wildman–Crippen LogP) is 3.09. The molecule has 0 aliphatic rings. The molecule has 2 aromatic rings. The molecule has 0 saturated heterocycles. The van der Waals surface area contributed by atoms with Crippen molar-refractivity contribution < 1.29 is 4.39 Å². The molecule has 3 nitrogen and oxygen atoms in total. The maximum absolute atomic E-state index is 12.7. The van der Waals surface area contributed by atoms with Gasteiger partial charge in [0.2, 0.25) is 5.13 Å². The monoisotopic (exact) mass is 251 g/mol. The number of nitrogens with zero attached hydrogens (tertiary/aromatic N) is 2. The van der Waals surface area contributed by atoms with E-state index in [1.807, 2.05) is 0 Å². The van der Waals surface area contributed by atoms with Crippen molar-refractivity contribution in [2.45, 2.75) is 26.3 Å². The minimum absolute atomic E-state index is 0.220. The lowest BCUT2D eigenvalue weighted by Crippen LogP contribution is -2.09. The van der Waals surface area contributed by atoms with E-state index in [4.69, 9.17) is 0 Å². The maximum atomic E-state index is 12.7. The summed E-state index contributed by atoms with van der Waals surface area (Å²) in [6, 6.07) is 6.77. The fourth-order valence-corrected chi connectivity index (χ4v) is 2.15. The second kappa shape index (κ2) is 5.23. The van der Waals surface area contributed by atoms with Crippen LogP contribution in [0, 0.1) is 5.82 Å². The van der Waals surface area contributed by atoms with Crippen LogP contribution in [0.5, 0.6) is 0 Å². The molecule has 0 radical (unpaired) electrons. The fourth-order valence-electron chi connectivity index (χ4n) is 1.42. The van der Waals surface area contributed by atoms with Crippen LogP contribution in [0.4, 0.5) is 9.52 Å². The predicted molar refractivity (Wildman–Crippen MR) is 67.9 cm³/mol. The van der Waals surface area contributed by atoms with Crippen LogP contribution in [-0.4, -0.2) is 15.4 Å². The lowest BCUT2D eigenvalue weighted by Gasteiger charge is -2.03. The Balaban J connectivity index is 2.03. The summed E-state index contributed by atoms with van der Waals surface area (Å²) in [6.07, 6.45) is 0.635. The van der Waals surface area contributed by atoms with Gasteiger partial charge < -0.3 is 5.32 Å². The van der Waals surface area contributed by atoms with Gasteiger partial charge in [-0.15, -0.1) is 0 Å². The molecule has 0 amide bonds. The van der Waals surface area contributed by atoms with E-state index in [2.05, 4.69) is 28.5 Å². The first kappa shape index (κ1) is 12.0. The van der Waals surface area contributed by atoms with Gasteiger partial charge in [-0.05, 0) is 31.5 Å². The number of hydrogen-bond donors (Lipinski definition) is 1. The average Bonchev–Trinajstić information content (AvgIpc) is 2.68. The summed E-state index contributed by atoms with van der Waals surface area (Å²) >= 11 is 1.35. The average molecular weight is 251 g/mol. The van der Waals surface area contributed by atoms with Crippen molar-refractivity contribution >= 4 is 16.7 Å². The van der Waals surface area contributed by atoms with E-state index in [0.29, 0.717) is 12.5 Å². The van der Waals surface area contributed by atoms with Gasteiger partial charge in [-0.2, -0.15) is 4.37 Å². The summed E-state index contributed by atoms with van der Waals surface area (Å²) in [5.41, 5.74) is 1.01. The Morgan fingerprint density at radius 2 is 2.00 bits per heavy atom. The summed E-state index contributed by atoms with van der Waals surface area (Å²) in [6.45, 7) is 4.11. The van der Waals surface area contributed by atoms with E-state index in [1.165, 1.54) is 23.7 Å². The molecule has 1 aromatic carbocycles. The highest BCUT2D eigenvalue weighted by molar-refractivity contribution is 7.09. The van der Waals surface area contributed by atoms with Crippen LogP contribution in [0.3, 0.4) is 0 Å². The molecule has 0 bridgehead atoms. The highest BCUT2D eigenvalue weighted by Crippen LogP contribution is 2.15. The van der Waals surface area contributed by atoms with Gasteiger partial charge in [-0.1, -0.05) is 12.1 Å². The van der Waals surface area contributed by atoms with Crippen LogP contribution in [0.15, 0.2) is 24.3 Å². The maximum Gasteiger partial charge on any atom is 0.202 e. The van der Waals surface area contributed by atoms with Gasteiger partial charge in [0.1, 0.15) is 11.6 Å². The summed E-state index contributed by atoms with van der Waals surface area (Å²) in [5.74, 6) is 0.548. The summed E-state index contributed by atoms with van der Waals surface area (Å²) in [5, 5.41) is 4.04. The minimum atomic E-state index is -0.220. The van der Waals surface area contributed by atoms with Gasteiger partial charge in [0, 0.05) is 24.0 Å². The molecule has 17 heavy (non-hydrogen) atoms. The SMILES string of the molecule is CC(C)Nc1nc(Cc2ccc(F)cc2)ns1. The third-order valence-corrected chi connectivity index (χ3v) is 2.84. The molecule has 2 rings (SSSR count). The van der Waals surface area contributed by atoms with E-state index < -0.39 is 0 Å². The summed E-state index contributed by atoms with van der Waals surface area (Å²) < 4.78 is 17.0. The molecule has 90 valence electrons. The van der Waals surface area contributed by atoms with Gasteiger partial charge in [-0.3, -0.25) is 0 Å². The molecule has 0 spiro atoms. The topological polar surface area (TPSA) is 37.8 Å². The lowest BCUT2D eigenvalue weighted by atomic mass is 10.1. The van der Waals surface area contributed by atoms with Crippen LogP contribution in [-0.2, 0) is 6.42 Å². The Morgan fingerprint density at radius 1 is 1.29 bits per heavy atom. The van der Waals surface area contributed by atoms with E-state index in [9.17, 15) is 4.39 Å². The highest BCUT2D eigenvalue weighted by atomic mass is 32.1. The van der Waals surface area contributed by atoms with Crippen molar-refractivity contribution in [1.82, 2.24) is 9.36 Å². The molecule has 1 heterocycles.